The lowest BCUT2D eigenvalue weighted by molar-refractivity contribution is 0.0526. The molecule has 29 heavy (non-hydrogen) atoms. The molecule has 0 aliphatic heterocycles. The fraction of sp³-hybridized carbons (Fsp3) is 0.130. The van der Waals surface area contributed by atoms with E-state index in [0.717, 1.165) is 14.3 Å². The van der Waals surface area contributed by atoms with E-state index in [2.05, 4.69) is 22.6 Å². The van der Waals surface area contributed by atoms with Gasteiger partial charge in [-0.25, -0.2) is 9.59 Å². The minimum absolute atomic E-state index is 0.257. The fourth-order valence-corrected chi connectivity index (χ4v) is 3.65. The first kappa shape index (κ1) is 19.4. The van der Waals surface area contributed by atoms with Crippen molar-refractivity contribution in [1.82, 2.24) is 0 Å². The van der Waals surface area contributed by atoms with Crippen LogP contribution in [0.5, 0.6) is 5.75 Å². The first-order valence-electron chi connectivity index (χ1n) is 9.09. The summed E-state index contributed by atoms with van der Waals surface area (Å²) in [6, 6.07) is 16.3. The van der Waals surface area contributed by atoms with E-state index in [1.165, 1.54) is 0 Å². The van der Waals surface area contributed by atoms with E-state index < -0.39 is 11.9 Å². The van der Waals surface area contributed by atoms with E-state index in [1.54, 1.807) is 32.0 Å². The van der Waals surface area contributed by atoms with Gasteiger partial charge >= 0.3 is 11.9 Å². The molecule has 0 aliphatic carbocycles. The monoisotopic (exact) mass is 500 g/mol. The van der Waals surface area contributed by atoms with Crippen LogP contribution < -0.4 is 4.74 Å². The second-order valence-electron chi connectivity index (χ2n) is 6.45. The highest BCUT2D eigenvalue weighted by Gasteiger charge is 2.23. The zero-order valence-electron chi connectivity index (χ0n) is 15.8. The van der Waals surface area contributed by atoms with Gasteiger partial charge in [-0.2, -0.15) is 0 Å². The summed E-state index contributed by atoms with van der Waals surface area (Å²) >= 11 is 2.18. The predicted octanol–water partition coefficient (Wildman–Crippen LogP) is 5.89. The first-order valence-corrected chi connectivity index (χ1v) is 10.2. The summed E-state index contributed by atoms with van der Waals surface area (Å²) in [6.07, 6.45) is 0. The summed E-state index contributed by atoms with van der Waals surface area (Å²) in [5.74, 6) is -0.106. The van der Waals surface area contributed by atoms with Crippen LogP contribution in [0.3, 0.4) is 0 Å². The Balaban J connectivity index is 1.88. The largest absolute Gasteiger partial charge is 0.462 e. The third-order valence-corrected chi connectivity index (χ3v) is 5.32. The van der Waals surface area contributed by atoms with Crippen LogP contribution in [-0.4, -0.2) is 18.5 Å². The molecule has 1 aromatic heterocycles. The summed E-state index contributed by atoms with van der Waals surface area (Å²) in [5, 5.41) is 2.04. The van der Waals surface area contributed by atoms with Gasteiger partial charge in [-0.15, -0.1) is 0 Å². The van der Waals surface area contributed by atoms with Gasteiger partial charge in [0.1, 0.15) is 22.7 Å². The van der Waals surface area contributed by atoms with Crippen LogP contribution in [-0.2, 0) is 4.74 Å². The standard InChI is InChI=1S/C23H17IO5/c1-3-27-23(26)20-13(2)28-21-17-7-5-4-6-16(17)19(12-18(20)21)29-22(25)14-8-10-15(24)11-9-14/h4-12H,3H2,1-2H3. The maximum atomic E-state index is 12.7. The predicted molar refractivity (Wildman–Crippen MR) is 119 cm³/mol. The summed E-state index contributed by atoms with van der Waals surface area (Å²) in [7, 11) is 0. The van der Waals surface area contributed by atoms with Crippen LogP contribution in [0.4, 0.5) is 0 Å². The highest BCUT2D eigenvalue weighted by molar-refractivity contribution is 14.1. The number of halogens is 1. The minimum atomic E-state index is -0.469. The van der Waals surface area contributed by atoms with Crippen LogP contribution in [0, 0.1) is 10.5 Å². The highest BCUT2D eigenvalue weighted by atomic mass is 127. The quantitative estimate of drug-likeness (QED) is 0.199. The molecular formula is C23H17IO5. The molecule has 5 nitrogen and oxygen atoms in total. The molecule has 6 heteroatoms. The number of benzene rings is 3. The molecule has 0 radical (unpaired) electrons. The Kier molecular flexibility index (Phi) is 5.27. The van der Waals surface area contributed by atoms with Crippen molar-refractivity contribution in [3.05, 3.63) is 75.1 Å². The lowest BCUT2D eigenvalue weighted by Gasteiger charge is -2.09. The lowest BCUT2D eigenvalue weighted by atomic mass is 10.0. The van der Waals surface area contributed by atoms with Crippen LogP contribution in [0.1, 0.15) is 33.4 Å². The third-order valence-electron chi connectivity index (χ3n) is 4.60. The van der Waals surface area contributed by atoms with Crippen LogP contribution in [0.25, 0.3) is 21.7 Å². The number of furan rings is 1. The Hall–Kier alpha value is -2.87. The molecule has 0 unspecified atom stereocenters. The maximum Gasteiger partial charge on any atom is 0.343 e. The molecule has 1 heterocycles. The van der Waals surface area contributed by atoms with Crippen LogP contribution >= 0.6 is 22.6 Å². The molecule has 0 atom stereocenters. The van der Waals surface area contributed by atoms with Crippen molar-refractivity contribution >= 4 is 56.3 Å². The number of hydrogen-bond acceptors (Lipinski definition) is 5. The average molecular weight is 500 g/mol. The molecule has 4 rings (SSSR count). The molecule has 3 aromatic carbocycles. The van der Waals surface area contributed by atoms with Gasteiger partial charge in [-0.05, 0) is 66.8 Å². The molecule has 0 bridgehead atoms. The molecule has 0 amide bonds. The van der Waals surface area contributed by atoms with Crippen molar-refractivity contribution in [2.75, 3.05) is 6.61 Å². The summed E-state index contributed by atoms with van der Waals surface area (Å²) < 4.78 is 17.8. The number of hydrogen-bond donors (Lipinski definition) is 0. The Morgan fingerprint density at radius 1 is 0.966 bits per heavy atom. The molecule has 0 saturated heterocycles. The van der Waals surface area contributed by atoms with E-state index >= 15 is 0 Å². The lowest BCUT2D eigenvalue weighted by Crippen LogP contribution is -2.09. The van der Waals surface area contributed by atoms with Crippen molar-refractivity contribution in [2.45, 2.75) is 13.8 Å². The number of fused-ring (bicyclic) bond motifs is 3. The van der Waals surface area contributed by atoms with Crippen LogP contribution in [0.15, 0.2) is 59.0 Å². The van der Waals surface area contributed by atoms with Crippen molar-refractivity contribution in [3.63, 3.8) is 0 Å². The van der Waals surface area contributed by atoms with E-state index in [9.17, 15) is 9.59 Å². The second-order valence-corrected chi connectivity index (χ2v) is 7.69. The van der Waals surface area contributed by atoms with E-state index in [4.69, 9.17) is 13.9 Å². The molecular weight excluding hydrogens is 483 g/mol. The Bertz CT molecular complexity index is 1240. The first-order chi connectivity index (χ1) is 14.0. The number of rotatable bonds is 4. The van der Waals surface area contributed by atoms with Gasteiger partial charge in [0.05, 0.1) is 12.2 Å². The van der Waals surface area contributed by atoms with Crippen molar-refractivity contribution in [1.29, 1.82) is 0 Å². The maximum absolute atomic E-state index is 12.7. The van der Waals surface area contributed by atoms with Gasteiger partial charge in [-0.1, -0.05) is 24.3 Å². The van der Waals surface area contributed by atoms with Crippen molar-refractivity contribution < 1.29 is 23.5 Å². The summed E-state index contributed by atoms with van der Waals surface area (Å²) in [5.41, 5.74) is 1.36. The smallest absolute Gasteiger partial charge is 0.343 e. The average Bonchev–Trinajstić information content (AvgIpc) is 3.05. The number of esters is 2. The van der Waals surface area contributed by atoms with Gasteiger partial charge in [0, 0.05) is 19.7 Å². The molecule has 0 aliphatic rings. The minimum Gasteiger partial charge on any atom is -0.462 e. The van der Waals surface area contributed by atoms with Gasteiger partial charge in [0.15, 0.2) is 0 Å². The topological polar surface area (TPSA) is 65.7 Å². The SMILES string of the molecule is CCOC(=O)c1c(C)oc2c1cc(OC(=O)c1ccc(I)cc1)c1ccccc12. The second kappa shape index (κ2) is 7.87. The molecule has 0 N–H and O–H groups in total. The number of carbonyl (C=O) groups is 2. The van der Waals surface area contributed by atoms with Gasteiger partial charge < -0.3 is 13.9 Å². The van der Waals surface area contributed by atoms with Gasteiger partial charge in [0.25, 0.3) is 0 Å². The normalized spacial score (nSPS) is 11.0. The Morgan fingerprint density at radius 3 is 2.34 bits per heavy atom. The summed E-state index contributed by atoms with van der Waals surface area (Å²) in [6.45, 7) is 3.73. The van der Waals surface area contributed by atoms with E-state index in [-0.39, 0.29) is 6.61 Å². The fourth-order valence-electron chi connectivity index (χ4n) is 3.29. The number of carbonyl (C=O) groups excluding carboxylic acids is 2. The van der Waals surface area contributed by atoms with E-state index in [0.29, 0.717) is 33.6 Å². The van der Waals surface area contributed by atoms with Crippen molar-refractivity contribution in [3.8, 4) is 5.75 Å². The van der Waals surface area contributed by atoms with E-state index in [1.807, 2.05) is 36.4 Å². The van der Waals surface area contributed by atoms with Crippen molar-refractivity contribution in [2.24, 2.45) is 0 Å². The molecule has 0 spiro atoms. The molecule has 0 saturated carbocycles. The summed E-state index contributed by atoms with van der Waals surface area (Å²) in [4.78, 5) is 25.2. The highest BCUT2D eigenvalue weighted by Crippen LogP contribution is 2.38. The number of ether oxygens (including phenoxy) is 2. The number of aryl methyl sites for hydroxylation is 1. The van der Waals surface area contributed by atoms with Gasteiger partial charge in [0.2, 0.25) is 0 Å². The third kappa shape index (κ3) is 3.60. The zero-order chi connectivity index (χ0) is 20.5. The Labute approximate surface area is 180 Å². The molecule has 0 fully saturated rings. The molecule has 4 aromatic rings. The van der Waals surface area contributed by atoms with Gasteiger partial charge in [-0.3, -0.25) is 0 Å². The Morgan fingerprint density at radius 2 is 1.66 bits per heavy atom. The molecule has 146 valence electrons. The zero-order valence-corrected chi connectivity index (χ0v) is 18.0. The van der Waals surface area contributed by atoms with Crippen LogP contribution in [0.2, 0.25) is 0 Å².